The maximum absolute atomic E-state index is 12.5. The molecule has 28 heavy (non-hydrogen) atoms. The van der Waals surface area contributed by atoms with Gasteiger partial charge in [0.25, 0.3) is 11.8 Å². The van der Waals surface area contributed by atoms with Crippen LogP contribution in [0, 0.1) is 0 Å². The molecule has 3 aromatic rings. The summed E-state index contributed by atoms with van der Waals surface area (Å²) in [6, 6.07) is 14.6. The molecule has 0 saturated carbocycles. The first-order chi connectivity index (χ1) is 13.7. The number of carbonyl (C=O) groups is 2. The molecule has 0 saturated heterocycles. The highest BCUT2D eigenvalue weighted by Crippen LogP contribution is 2.23. The Kier molecular flexibility index (Phi) is 7.45. The van der Waals surface area contributed by atoms with Crippen LogP contribution >= 0.6 is 23.3 Å². The fraction of sp³-hybridized carbons (Fsp3) is 0.286. The topological polar surface area (TPSA) is 71.1 Å². The SMILES string of the molecule is CCCSCCCNC(=O)c1ccc(NC(=O)c2nsc3ccccc23)cc1. The molecule has 0 spiro atoms. The Balaban J connectivity index is 1.52. The first-order valence-electron chi connectivity index (χ1n) is 9.31. The lowest BCUT2D eigenvalue weighted by atomic mass is 10.1. The Morgan fingerprint density at radius 2 is 1.82 bits per heavy atom. The maximum atomic E-state index is 12.5. The zero-order valence-corrected chi connectivity index (χ0v) is 17.4. The summed E-state index contributed by atoms with van der Waals surface area (Å²) in [7, 11) is 0. The van der Waals surface area contributed by atoms with Crippen molar-refractivity contribution in [1.29, 1.82) is 0 Å². The predicted octanol–water partition coefficient (Wildman–Crippen LogP) is 4.81. The van der Waals surface area contributed by atoms with E-state index < -0.39 is 0 Å². The monoisotopic (exact) mass is 413 g/mol. The van der Waals surface area contributed by atoms with Gasteiger partial charge in [0.1, 0.15) is 5.69 Å². The van der Waals surface area contributed by atoms with Crippen LogP contribution in [0.15, 0.2) is 48.5 Å². The van der Waals surface area contributed by atoms with E-state index in [1.807, 2.05) is 36.0 Å². The minimum absolute atomic E-state index is 0.0936. The molecule has 1 heterocycles. The number of nitrogens with one attached hydrogen (secondary N) is 2. The van der Waals surface area contributed by atoms with Crippen molar-refractivity contribution in [1.82, 2.24) is 9.69 Å². The Hall–Kier alpha value is -2.38. The van der Waals surface area contributed by atoms with Crippen LogP contribution in [0.25, 0.3) is 10.1 Å². The van der Waals surface area contributed by atoms with Gasteiger partial charge in [-0.05, 0) is 66.2 Å². The number of aromatic nitrogens is 1. The molecule has 0 fully saturated rings. The summed E-state index contributed by atoms with van der Waals surface area (Å²) in [4.78, 5) is 24.7. The molecule has 0 unspecified atom stereocenters. The van der Waals surface area contributed by atoms with Crippen LogP contribution in [-0.2, 0) is 0 Å². The third-order valence-electron chi connectivity index (χ3n) is 4.10. The summed E-state index contributed by atoms with van der Waals surface area (Å²) >= 11 is 3.22. The van der Waals surface area contributed by atoms with Gasteiger partial charge < -0.3 is 10.6 Å². The van der Waals surface area contributed by atoms with Gasteiger partial charge in [-0.25, -0.2) is 0 Å². The molecule has 2 aromatic carbocycles. The summed E-state index contributed by atoms with van der Waals surface area (Å²) in [5.41, 5.74) is 1.64. The molecule has 1 aromatic heterocycles. The lowest BCUT2D eigenvalue weighted by Crippen LogP contribution is -2.24. The fourth-order valence-electron chi connectivity index (χ4n) is 2.67. The van der Waals surface area contributed by atoms with Crippen LogP contribution in [0.3, 0.4) is 0 Å². The number of amides is 2. The first-order valence-corrected chi connectivity index (χ1v) is 11.2. The molecule has 146 valence electrons. The molecular formula is C21H23N3O2S2. The third kappa shape index (κ3) is 5.33. The highest BCUT2D eigenvalue weighted by atomic mass is 32.2. The van der Waals surface area contributed by atoms with Crippen LogP contribution in [0.2, 0.25) is 0 Å². The van der Waals surface area contributed by atoms with E-state index in [4.69, 9.17) is 0 Å². The van der Waals surface area contributed by atoms with Crippen molar-refractivity contribution in [3.8, 4) is 0 Å². The van der Waals surface area contributed by atoms with Crippen LogP contribution < -0.4 is 10.6 Å². The van der Waals surface area contributed by atoms with Gasteiger partial charge in [0.05, 0.1) is 4.70 Å². The van der Waals surface area contributed by atoms with E-state index in [-0.39, 0.29) is 11.8 Å². The molecule has 0 radical (unpaired) electrons. The number of anilines is 1. The van der Waals surface area contributed by atoms with Gasteiger partial charge in [-0.3, -0.25) is 9.59 Å². The molecule has 7 heteroatoms. The Morgan fingerprint density at radius 3 is 2.61 bits per heavy atom. The number of rotatable bonds is 9. The van der Waals surface area contributed by atoms with E-state index in [1.54, 1.807) is 24.3 Å². The first kappa shape index (κ1) is 20.4. The summed E-state index contributed by atoms with van der Waals surface area (Å²) in [6.07, 6.45) is 2.14. The number of hydrogen-bond acceptors (Lipinski definition) is 5. The van der Waals surface area contributed by atoms with Gasteiger partial charge in [-0.2, -0.15) is 16.1 Å². The molecule has 0 aliphatic carbocycles. The van der Waals surface area contributed by atoms with Gasteiger partial charge >= 0.3 is 0 Å². The van der Waals surface area contributed by atoms with Crippen molar-refractivity contribution in [3.05, 3.63) is 59.8 Å². The summed E-state index contributed by atoms with van der Waals surface area (Å²) in [5, 5.41) is 6.62. The van der Waals surface area contributed by atoms with Gasteiger partial charge in [-0.1, -0.05) is 25.1 Å². The standard InChI is InChI=1S/C21H23N3O2S2/c1-2-13-27-14-5-12-22-20(25)15-8-10-16(11-9-15)23-21(26)19-17-6-3-4-7-18(17)28-24-19/h3-4,6-11H,2,5,12-14H2,1H3,(H,22,25)(H,23,26). The van der Waals surface area contributed by atoms with Gasteiger partial charge in [0.15, 0.2) is 0 Å². The van der Waals surface area contributed by atoms with Crippen LogP contribution in [0.1, 0.15) is 40.6 Å². The normalized spacial score (nSPS) is 10.8. The number of benzene rings is 2. The average Bonchev–Trinajstić information content (AvgIpc) is 3.15. The van der Waals surface area contributed by atoms with Crippen molar-refractivity contribution < 1.29 is 9.59 Å². The molecule has 2 N–H and O–H groups in total. The second-order valence-electron chi connectivity index (χ2n) is 6.28. The molecular weight excluding hydrogens is 390 g/mol. The van der Waals surface area contributed by atoms with E-state index in [0.717, 1.165) is 28.0 Å². The summed E-state index contributed by atoms with van der Waals surface area (Å²) in [5.74, 6) is 1.88. The van der Waals surface area contributed by atoms with Crippen molar-refractivity contribution >= 4 is 50.9 Å². The number of thioether (sulfide) groups is 1. The summed E-state index contributed by atoms with van der Waals surface area (Å²) in [6.45, 7) is 2.84. The van der Waals surface area contributed by atoms with Crippen molar-refractivity contribution in [2.24, 2.45) is 0 Å². The molecule has 3 rings (SSSR count). The maximum Gasteiger partial charge on any atom is 0.276 e. The Labute approximate surface area is 173 Å². The quantitative estimate of drug-likeness (QED) is 0.494. The number of hydrogen-bond donors (Lipinski definition) is 2. The Bertz CT molecular complexity index is 938. The van der Waals surface area contributed by atoms with E-state index in [2.05, 4.69) is 21.9 Å². The predicted molar refractivity (Wildman–Crippen MR) is 119 cm³/mol. The van der Waals surface area contributed by atoms with E-state index in [9.17, 15) is 9.59 Å². The zero-order chi connectivity index (χ0) is 19.8. The van der Waals surface area contributed by atoms with Gasteiger partial charge in [0.2, 0.25) is 0 Å². The lowest BCUT2D eigenvalue weighted by molar-refractivity contribution is 0.0953. The molecule has 0 aliphatic rings. The van der Waals surface area contributed by atoms with E-state index >= 15 is 0 Å². The van der Waals surface area contributed by atoms with Crippen LogP contribution in [0.4, 0.5) is 5.69 Å². The summed E-state index contributed by atoms with van der Waals surface area (Å²) < 4.78 is 5.24. The van der Waals surface area contributed by atoms with Crippen LogP contribution in [0.5, 0.6) is 0 Å². The molecule has 5 nitrogen and oxygen atoms in total. The Morgan fingerprint density at radius 1 is 1.04 bits per heavy atom. The minimum Gasteiger partial charge on any atom is -0.352 e. The van der Waals surface area contributed by atoms with Gasteiger partial charge in [0, 0.05) is 23.2 Å². The highest BCUT2D eigenvalue weighted by Gasteiger charge is 2.14. The number of nitrogens with zero attached hydrogens (tertiary/aromatic N) is 1. The van der Waals surface area contributed by atoms with Crippen molar-refractivity contribution in [2.75, 3.05) is 23.4 Å². The van der Waals surface area contributed by atoms with E-state index in [0.29, 0.717) is 23.5 Å². The molecule has 0 aliphatic heterocycles. The smallest absolute Gasteiger partial charge is 0.276 e. The number of carbonyl (C=O) groups excluding carboxylic acids is 2. The fourth-order valence-corrected chi connectivity index (χ4v) is 4.28. The van der Waals surface area contributed by atoms with Crippen molar-refractivity contribution in [2.45, 2.75) is 19.8 Å². The lowest BCUT2D eigenvalue weighted by Gasteiger charge is -2.07. The van der Waals surface area contributed by atoms with Crippen molar-refractivity contribution in [3.63, 3.8) is 0 Å². The second-order valence-corrected chi connectivity index (χ2v) is 8.31. The molecule has 0 atom stereocenters. The minimum atomic E-state index is -0.251. The zero-order valence-electron chi connectivity index (χ0n) is 15.7. The largest absolute Gasteiger partial charge is 0.352 e. The van der Waals surface area contributed by atoms with Crippen LogP contribution in [-0.4, -0.2) is 34.2 Å². The number of fused-ring (bicyclic) bond motifs is 1. The average molecular weight is 414 g/mol. The van der Waals surface area contributed by atoms with E-state index in [1.165, 1.54) is 18.0 Å². The van der Waals surface area contributed by atoms with Gasteiger partial charge in [-0.15, -0.1) is 0 Å². The second kappa shape index (κ2) is 10.2. The third-order valence-corrected chi connectivity index (χ3v) is 6.20. The molecule has 0 bridgehead atoms. The molecule has 2 amide bonds. The highest BCUT2D eigenvalue weighted by molar-refractivity contribution is 7.99.